The molecular formula is C42H75NO7. The molecule has 0 fully saturated rings. The maximum Gasteiger partial charge on any atom is 0.306 e. The zero-order chi connectivity index (χ0) is 37.1. The number of nitrogens with zero attached hydrogens (tertiary/aromatic N) is 1. The lowest BCUT2D eigenvalue weighted by atomic mass is 10.1. The predicted octanol–water partition coefficient (Wildman–Crippen LogP) is 8.96. The SMILES string of the molecule is CCCC/C=C\C/C=C\CCCCCCCC(=O)OC(COCCC(C(=O)[O-])[N+](C)(C)C)COC(=O)CCCCCCC/C=C\CCCCC. The Morgan fingerprint density at radius 3 is 1.62 bits per heavy atom. The molecule has 0 N–H and O–H groups in total. The van der Waals surface area contributed by atoms with Gasteiger partial charge in [-0.05, 0) is 64.2 Å². The summed E-state index contributed by atoms with van der Waals surface area (Å²) in [7, 11) is 5.39. The van der Waals surface area contributed by atoms with Crippen molar-refractivity contribution in [2.45, 2.75) is 174 Å². The molecule has 0 radical (unpaired) electrons. The Hall–Kier alpha value is -2.45. The smallest absolute Gasteiger partial charge is 0.306 e. The average Bonchev–Trinajstić information content (AvgIpc) is 3.06. The van der Waals surface area contributed by atoms with Crippen molar-refractivity contribution >= 4 is 17.9 Å². The van der Waals surface area contributed by atoms with Gasteiger partial charge in [-0.3, -0.25) is 9.59 Å². The number of hydrogen-bond acceptors (Lipinski definition) is 7. The quantitative estimate of drug-likeness (QED) is 0.0281. The number of carbonyl (C=O) groups excluding carboxylic acids is 3. The van der Waals surface area contributed by atoms with Crippen molar-refractivity contribution in [3.05, 3.63) is 36.5 Å². The Morgan fingerprint density at radius 1 is 0.600 bits per heavy atom. The van der Waals surface area contributed by atoms with Crippen LogP contribution in [-0.2, 0) is 28.6 Å². The van der Waals surface area contributed by atoms with Gasteiger partial charge in [-0.2, -0.15) is 0 Å². The molecule has 0 spiro atoms. The fourth-order valence-electron chi connectivity index (χ4n) is 5.55. The molecule has 8 nitrogen and oxygen atoms in total. The first kappa shape index (κ1) is 47.5. The summed E-state index contributed by atoms with van der Waals surface area (Å²) < 4.78 is 17.1. The molecule has 0 rings (SSSR count). The number of hydrogen-bond donors (Lipinski definition) is 0. The molecule has 2 unspecified atom stereocenters. The summed E-state index contributed by atoms with van der Waals surface area (Å²) in [5.41, 5.74) is 0. The number of unbranched alkanes of at least 4 members (excludes halogenated alkanes) is 15. The Morgan fingerprint density at radius 2 is 1.08 bits per heavy atom. The highest BCUT2D eigenvalue weighted by molar-refractivity contribution is 5.70. The van der Waals surface area contributed by atoms with E-state index in [4.69, 9.17) is 14.2 Å². The first-order valence-corrected chi connectivity index (χ1v) is 20.0. The van der Waals surface area contributed by atoms with Gasteiger partial charge in [-0.15, -0.1) is 0 Å². The maximum atomic E-state index is 12.7. The van der Waals surface area contributed by atoms with E-state index < -0.39 is 18.1 Å². The fourth-order valence-corrected chi connectivity index (χ4v) is 5.55. The predicted molar refractivity (Wildman–Crippen MR) is 203 cm³/mol. The van der Waals surface area contributed by atoms with Crippen molar-refractivity contribution in [1.82, 2.24) is 0 Å². The number of carbonyl (C=O) groups is 3. The van der Waals surface area contributed by atoms with Crippen LogP contribution in [0.2, 0.25) is 0 Å². The lowest BCUT2D eigenvalue weighted by molar-refractivity contribution is -0.889. The van der Waals surface area contributed by atoms with Crippen LogP contribution in [0.25, 0.3) is 0 Å². The Balaban J connectivity index is 4.44. The first-order valence-electron chi connectivity index (χ1n) is 20.0. The molecule has 0 saturated heterocycles. The monoisotopic (exact) mass is 706 g/mol. The van der Waals surface area contributed by atoms with E-state index in [9.17, 15) is 19.5 Å². The topological polar surface area (TPSA) is 102 Å². The third kappa shape index (κ3) is 31.5. The number of carboxylic acids is 1. The molecule has 0 aromatic heterocycles. The molecule has 2 atom stereocenters. The van der Waals surface area contributed by atoms with E-state index in [1.54, 1.807) is 21.1 Å². The van der Waals surface area contributed by atoms with Crippen molar-refractivity contribution in [3.8, 4) is 0 Å². The standard InChI is InChI=1S/C42H75NO7/c1-6-8-10-12-14-16-18-20-21-23-25-27-29-31-33-41(45)50-38(36-48-35-34-39(42(46)47)43(3,4)5)37-49-40(44)32-30-28-26-24-22-19-17-15-13-11-9-7-2/h12,14-15,17-18,20,38-39H,6-11,13,16,19,21-37H2,1-5H3/b14-12-,17-15-,20-18-. The summed E-state index contributed by atoms with van der Waals surface area (Å²) in [6.45, 7) is 4.56. The Bertz CT molecular complexity index is 922. The van der Waals surface area contributed by atoms with Crippen LogP contribution in [0, 0.1) is 0 Å². The zero-order valence-corrected chi connectivity index (χ0v) is 32.8. The van der Waals surface area contributed by atoms with Crippen LogP contribution in [0.15, 0.2) is 36.5 Å². The van der Waals surface area contributed by atoms with Crippen molar-refractivity contribution in [3.63, 3.8) is 0 Å². The molecule has 0 aromatic carbocycles. The number of esters is 2. The molecule has 290 valence electrons. The number of likely N-dealkylation sites (N-methyl/N-ethyl adjacent to an activating group) is 1. The van der Waals surface area contributed by atoms with Gasteiger partial charge in [0.25, 0.3) is 0 Å². The number of quaternary nitrogens is 1. The highest BCUT2D eigenvalue weighted by Crippen LogP contribution is 2.13. The Kier molecular flexibility index (Phi) is 32.0. The zero-order valence-electron chi connectivity index (χ0n) is 32.8. The highest BCUT2D eigenvalue weighted by Gasteiger charge is 2.25. The van der Waals surface area contributed by atoms with Crippen molar-refractivity contribution < 1.29 is 38.2 Å². The lowest BCUT2D eigenvalue weighted by Crippen LogP contribution is -2.55. The summed E-state index contributed by atoms with van der Waals surface area (Å²) in [5.74, 6) is -1.77. The summed E-state index contributed by atoms with van der Waals surface area (Å²) in [6.07, 6.45) is 35.9. The van der Waals surface area contributed by atoms with Crippen LogP contribution < -0.4 is 5.11 Å². The summed E-state index contributed by atoms with van der Waals surface area (Å²) in [4.78, 5) is 36.7. The molecule has 0 aliphatic rings. The highest BCUT2D eigenvalue weighted by atomic mass is 16.6. The molecule has 0 saturated carbocycles. The van der Waals surface area contributed by atoms with E-state index in [1.165, 1.54) is 51.4 Å². The second-order valence-electron chi connectivity index (χ2n) is 14.5. The fraction of sp³-hybridized carbons (Fsp3) is 0.786. The molecular weight excluding hydrogens is 630 g/mol. The number of aliphatic carboxylic acids is 1. The lowest BCUT2D eigenvalue weighted by Gasteiger charge is -2.34. The van der Waals surface area contributed by atoms with Gasteiger partial charge in [0.15, 0.2) is 6.10 Å². The summed E-state index contributed by atoms with van der Waals surface area (Å²) in [5, 5.41) is 11.6. The number of allylic oxidation sites excluding steroid dienone is 6. The largest absolute Gasteiger partial charge is 0.544 e. The van der Waals surface area contributed by atoms with Gasteiger partial charge < -0.3 is 28.6 Å². The minimum atomic E-state index is -1.13. The molecule has 0 aliphatic carbocycles. The third-order valence-corrected chi connectivity index (χ3v) is 8.75. The van der Waals surface area contributed by atoms with Gasteiger partial charge >= 0.3 is 11.9 Å². The minimum absolute atomic E-state index is 0.0328. The molecule has 0 amide bonds. The molecule has 0 heterocycles. The van der Waals surface area contributed by atoms with E-state index in [2.05, 4.69) is 50.3 Å². The van der Waals surface area contributed by atoms with E-state index in [0.717, 1.165) is 77.0 Å². The molecule has 0 bridgehead atoms. The first-order chi connectivity index (χ1) is 24.1. The molecule has 50 heavy (non-hydrogen) atoms. The van der Waals surface area contributed by atoms with E-state index in [1.807, 2.05) is 0 Å². The van der Waals surface area contributed by atoms with Crippen LogP contribution in [0.1, 0.15) is 162 Å². The van der Waals surface area contributed by atoms with Gasteiger partial charge in [0.05, 0.1) is 40.3 Å². The molecule has 0 aromatic rings. The van der Waals surface area contributed by atoms with Crippen molar-refractivity contribution in [2.24, 2.45) is 0 Å². The van der Waals surface area contributed by atoms with Crippen molar-refractivity contribution in [1.29, 1.82) is 0 Å². The van der Waals surface area contributed by atoms with Gasteiger partial charge in [0, 0.05) is 19.3 Å². The number of ether oxygens (including phenoxy) is 3. The second-order valence-corrected chi connectivity index (χ2v) is 14.5. The number of carboxylic acid groups (broad SMARTS) is 1. The van der Waals surface area contributed by atoms with E-state index >= 15 is 0 Å². The summed E-state index contributed by atoms with van der Waals surface area (Å²) >= 11 is 0. The summed E-state index contributed by atoms with van der Waals surface area (Å²) in [6, 6.07) is -0.727. The molecule has 0 aliphatic heterocycles. The second kappa shape index (κ2) is 33.7. The minimum Gasteiger partial charge on any atom is -0.544 e. The van der Waals surface area contributed by atoms with Crippen LogP contribution >= 0.6 is 0 Å². The maximum absolute atomic E-state index is 12.7. The molecule has 8 heteroatoms. The van der Waals surface area contributed by atoms with Gasteiger partial charge in [-0.1, -0.05) is 115 Å². The Labute approximate surface area is 306 Å². The van der Waals surface area contributed by atoms with Crippen molar-refractivity contribution in [2.75, 3.05) is 41.0 Å². The normalized spacial score (nSPS) is 13.4. The van der Waals surface area contributed by atoms with Gasteiger partial charge in [0.1, 0.15) is 12.6 Å². The third-order valence-electron chi connectivity index (χ3n) is 8.75. The van der Waals surface area contributed by atoms with Crippen LogP contribution in [0.4, 0.5) is 0 Å². The van der Waals surface area contributed by atoms with Gasteiger partial charge in [-0.25, -0.2) is 0 Å². The average molecular weight is 706 g/mol. The van der Waals surface area contributed by atoms with Gasteiger partial charge in [0.2, 0.25) is 0 Å². The van der Waals surface area contributed by atoms with Crippen LogP contribution in [-0.4, -0.2) is 75.5 Å². The van der Waals surface area contributed by atoms with Crippen LogP contribution in [0.3, 0.4) is 0 Å². The van der Waals surface area contributed by atoms with E-state index in [0.29, 0.717) is 12.8 Å². The number of rotatable bonds is 35. The van der Waals surface area contributed by atoms with E-state index in [-0.39, 0.29) is 42.7 Å². The van der Waals surface area contributed by atoms with Crippen LogP contribution in [0.5, 0.6) is 0 Å².